The topological polar surface area (TPSA) is 71.0 Å². The zero-order chi connectivity index (χ0) is 25.6. The fourth-order valence-electron chi connectivity index (χ4n) is 5.44. The van der Waals surface area contributed by atoms with Crippen LogP contribution in [0.4, 0.5) is 13.2 Å². The predicted molar refractivity (Wildman–Crippen MR) is 125 cm³/mol. The van der Waals surface area contributed by atoms with E-state index in [1.165, 1.54) is 6.08 Å². The molecule has 0 spiro atoms. The number of allylic oxidation sites excluding steroid dienone is 1. The van der Waals surface area contributed by atoms with Crippen molar-refractivity contribution in [3.63, 3.8) is 0 Å². The second-order valence-electron chi connectivity index (χ2n) is 9.82. The highest BCUT2D eigenvalue weighted by atomic mass is 19.4. The first-order chi connectivity index (χ1) is 16.6. The minimum absolute atomic E-state index is 0.0163. The van der Waals surface area contributed by atoms with Crippen LogP contribution in [-0.2, 0) is 14.3 Å². The third-order valence-electron chi connectivity index (χ3n) is 7.40. The first-order valence-electron chi connectivity index (χ1n) is 12.2. The molecule has 2 heterocycles. The van der Waals surface area contributed by atoms with Crippen molar-refractivity contribution in [1.82, 2.24) is 10.2 Å². The van der Waals surface area contributed by atoms with E-state index >= 15 is 0 Å². The van der Waals surface area contributed by atoms with Gasteiger partial charge in [0.2, 0.25) is 5.91 Å². The van der Waals surface area contributed by atoms with Gasteiger partial charge in [-0.05, 0) is 68.1 Å². The second kappa shape index (κ2) is 11.5. The standard InChI is InChI=1S/C26H35F3N2O4/c1-4-23(35-26(27,28)29)15-20-17-31(11-6-19(20)7-12-32)24(33)25(18(2)3)10-5-22(16-25)30-21-8-13-34-14-9-21/h4,15,18,21-22,30,32H,1,5-6,8-11,13-14,16-17H2,2-3H3/b23-15+/t22-,25+/m1/s1. The number of halogens is 3. The average molecular weight is 497 g/mol. The van der Waals surface area contributed by atoms with Crippen LogP contribution in [0.5, 0.6) is 0 Å². The van der Waals surface area contributed by atoms with Gasteiger partial charge in [-0.1, -0.05) is 20.4 Å². The minimum atomic E-state index is -4.87. The number of aliphatic hydroxyl groups is 1. The van der Waals surface area contributed by atoms with E-state index in [9.17, 15) is 18.0 Å². The van der Waals surface area contributed by atoms with Gasteiger partial charge in [-0.2, -0.15) is 0 Å². The maximum Gasteiger partial charge on any atom is 0.573 e. The van der Waals surface area contributed by atoms with E-state index in [0.29, 0.717) is 30.2 Å². The molecule has 0 aromatic heterocycles. The van der Waals surface area contributed by atoms with E-state index < -0.39 is 17.5 Å². The molecule has 1 amide bonds. The summed E-state index contributed by atoms with van der Waals surface area (Å²) in [5.41, 5.74) is 0.339. The molecule has 0 bridgehead atoms. The van der Waals surface area contributed by atoms with Gasteiger partial charge in [-0.15, -0.1) is 13.2 Å². The zero-order valence-corrected chi connectivity index (χ0v) is 20.4. The molecule has 1 saturated carbocycles. The molecule has 0 radical (unpaired) electrons. The molecule has 35 heavy (non-hydrogen) atoms. The lowest BCUT2D eigenvalue weighted by atomic mass is 9.73. The first-order valence-corrected chi connectivity index (χ1v) is 12.2. The van der Waals surface area contributed by atoms with Crippen LogP contribution in [0, 0.1) is 23.4 Å². The lowest BCUT2D eigenvalue weighted by molar-refractivity contribution is -0.303. The van der Waals surface area contributed by atoms with Crippen LogP contribution in [0.3, 0.4) is 0 Å². The van der Waals surface area contributed by atoms with Gasteiger partial charge in [0.15, 0.2) is 0 Å². The van der Waals surface area contributed by atoms with Gasteiger partial charge in [0.1, 0.15) is 11.9 Å². The van der Waals surface area contributed by atoms with Crippen LogP contribution in [0.2, 0.25) is 0 Å². The molecule has 3 aliphatic rings. The minimum Gasteiger partial charge on any atom is -0.462 e. The smallest absolute Gasteiger partial charge is 0.462 e. The summed E-state index contributed by atoms with van der Waals surface area (Å²) in [5.74, 6) is 2.19. The Morgan fingerprint density at radius 2 is 2.03 bits per heavy atom. The SMILES string of the molecule is C=C/C(=C\C1=C(C#CO)CCN(C(=O)[C@@]2(C(C)C)CC[C@@H](NC3CCOCC3)C2)C1)OC(F)(F)F. The lowest BCUT2D eigenvalue weighted by Crippen LogP contribution is -2.49. The summed E-state index contributed by atoms with van der Waals surface area (Å²) < 4.78 is 47.8. The number of rotatable bonds is 7. The number of amides is 1. The molecule has 1 aliphatic carbocycles. The third kappa shape index (κ3) is 6.83. The number of carbonyl (C=O) groups excluding carboxylic acids is 1. The van der Waals surface area contributed by atoms with E-state index in [4.69, 9.17) is 9.84 Å². The highest BCUT2D eigenvalue weighted by Gasteiger charge is 2.49. The van der Waals surface area contributed by atoms with Crippen molar-refractivity contribution in [3.8, 4) is 12.0 Å². The maximum absolute atomic E-state index is 13.9. The van der Waals surface area contributed by atoms with Crippen molar-refractivity contribution in [2.75, 3.05) is 26.3 Å². The molecule has 2 aliphatic heterocycles. The van der Waals surface area contributed by atoms with Gasteiger partial charge in [-0.3, -0.25) is 4.79 Å². The zero-order valence-electron chi connectivity index (χ0n) is 20.4. The number of hydrogen-bond donors (Lipinski definition) is 2. The number of aliphatic hydroxyl groups excluding tert-OH is 1. The largest absolute Gasteiger partial charge is 0.573 e. The highest BCUT2D eigenvalue weighted by Crippen LogP contribution is 2.46. The second-order valence-corrected chi connectivity index (χ2v) is 9.82. The predicted octanol–water partition coefficient (Wildman–Crippen LogP) is 4.42. The Kier molecular flexibility index (Phi) is 8.94. The van der Waals surface area contributed by atoms with E-state index in [-0.39, 0.29) is 24.4 Å². The fraction of sp³-hybridized carbons (Fsp3) is 0.654. The normalized spacial score (nSPS) is 26.5. The Bertz CT molecular complexity index is 910. The van der Waals surface area contributed by atoms with Crippen molar-refractivity contribution in [3.05, 3.63) is 35.6 Å². The van der Waals surface area contributed by atoms with Gasteiger partial charge < -0.3 is 24.8 Å². The van der Waals surface area contributed by atoms with Crippen molar-refractivity contribution >= 4 is 5.91 Å². The van der Waals surface area contributed by atoms with Gasteiger partial charge in [-0.25, -0.2) is 0 Å². The Labute approximate surface area is 205 Å². The molecular weight excluding hydrogens is 461 g/mol. The van der Waals surface area contributed by atoms with Crippen molar-refractivity contribution in [2.45, 2.75) is 70.8 Å². The molecular formula is C26H35F3N2O4. The Morgan fingerprint density at radius 1 is 1.31 bits per heavy atom. The summed E-state index contributed by atoms with van der Waals surface area (Å²) in [6, 6.07) is 0.638. The monoisotopic (exact) mass is 496 g/mol. The number of ether oxygens (including phenoxy) is 2. The van der Waals surface area contributed by atoms with Gasteiger partial charge >= 0.3 is 6.36 Å². The van der Waals surface area contributed by atoms with Crippen molar-refractivity contribution < 1.29 is 32.5 Å². The molecule has 1 saturated heterocycles. The quantitative estimate of drug-likeness (QED) is 0.310. The van der Waals surface area contributed by atoms with Crippen molar-refractivity contribution in [2.24, 2.45) is 11.3 Å². The van der Waals surface area contributed by atoms with E-state index in [2.05, 4.69) is 36.4 Å². The Hall–Kier alpha value is -2.44. The summed E-state index contributed by atoms with van der Waals surface area (Å²) in [6.45, 7) is 9.49. The van der Waals surface area contributed by atoms with Crippen LogP contribution in [0.15, 0.2) is 35.6 Å². The van der Waals surface area contributed by atoms with E-state index in [0.717, 1.165) is 51.4 Å². The molecule has 0 aromatic carbocycles. The van der Waals surface area contributed by atoms with E-state index in [1.807, 2.05) is 6.11 Å². The van der Waals surface area contributed by atoms with Crippen LogP contribution in [-0.4, -0.2) is 60.7 Å². The Morgan fingerprint density at radius 3 is 2.63 bits per heavy atom. The average Bonchev–Trinajstić information content (AvgIpc) is 3.24. The number of nitrogens with one attached hydrogen (secondary N) is 1. The summed E-state index contributed by atoms with van der Waals surface area (Å²) in [4.78, 5) is 15.6. The molecule has 3 rings (SSSR count). The molecule has 9 heteroatoms. The molecule has 2 atom stereocenters. The summed E-state index contributed by atoms with van der Waals surface area (Å²) in [5, 5.41) is 12.8. The first kappa shape index (κ1) is 27.2. The lowest BCUT2D eigenvalue weighted by Gasteiger charge is -2.40. The van der Waals surface area contributed by atoms with E-state index in [1.54, 1.807) is 4.90 Å². The number of hydrogen-bond acceptors (Lipinski definition) is 5. The molecule has 2 fully saturated rings. The fourth-order valence-corrected chi connectivity index (χ4v) is 5.44. The number of alkyl halides is 3. The number of nitrogens with zero attached hydrogens (tertiary/aromatic N) is 1. The molecule has 6 nitrogen and oxygen atoms in total. The summed E-state index contributed by atoms with van der Waals surface area (Å²) in [7, 11) is 0. The highest BCUT2D eigenvalue weighted by molar-refractivity contribution is 5.84. The Balaban J connectivity index is 1.79. The van der Waals surface area contributed by atoms with Gasteiger partial charge in [0.25, 0.3) is 0 Å². The molecule has 194 valence electrons. The summed E-state index contributed by atoms with van der Waals surface area (Å²) >= 11 is 0. The van der Waals surface area contributed by atoms with Crippen LogP contribution >= 0.6 is 0 Å². The molecule has 0 unspecified atom stereocenters. The molecule has 0 aromatic rings. The van der Waals surface area contributed by atoms with Gasteiger partial charge in [0, 0.05) is 44.0 Å². The molecule has 2 N–H and O–H groups in total. The van der Waals surface area contributed by atoms with Crippen LogP contribution in [0.25, 0.3) is 0 Å². The maximum atomic E-state index is 13.9. The third-order valence-corrected chi connectivity index (χ3v) is 7.40. The number of carbonyl (C=O) groups is 1. The van der Waals surface area contributed by atoms with Crippen LogP contribution < -0.4 is 5.32 Å². The summed E-state index contributed by atoms with van der Waals surface area (Å²) in [6.07, 6.45) is 3.77. The van der Waals surface area contributed by atoms with Crippen molar-refractivity contribution in [1.29, 1.82) is 0 Å². The van der Waals surface area contributed by atoms with Gasteiger partial charge in [0.05, 0.1) is 5.41 Å². The van der Waals surface area contributed by atoms with Crippen LogP contribution in [0.1, 0.15) is 52.4 Å².